The summed E-state index contributed by atoms with van der Waals surface area (Å²) in [5.74, 6) is 1.38. The molecule has 0 bridgehead atoms. The lowest BCUT2D eigenvalue weighted by atomic mass is 9.69. The van der Waals surface area contributed by atoms with Crippen LogP contribution in [-0.4, -0.2) is 85.1 Å². The first-order chi connectivity index (χ1) is 27.2. The van der Waals surface area contributed by atoms with Gasteiger partial charge in [0.2, 0.25) is 11.8 Å². The zero-order valence-corrected chi connectivity index (χ0v) is 32.7. The number of piperidine rings is 1. The molecule has 2 fully saturated rings. The number of phenolic OH excluding ortho intramolecular Hbond substituents is 1. The number of carbonyl (C=O) groups is 3. The summed E-state index contributed by atoms with van der Waals surface area (Å²) in [6.07, 6.45) is 11.8. The molecular weight excluding hydrogens is 705 g/mol. The first-order valence-electron chi connectivity index (χ1n) is 20.1. The second-order valence-corrected chi connectivity index (χ2v) is 15.3. The number of phenols is 1. The average molecular weight is 759 g/mol. The molecule has 0 aromatic heterocycles. The SMILES string of the molecule is C=C(/C=C\C(=C/C)OCCCCCN1CCN(c2ccc3c(c2OC)CN(C2CCC(=O)NC2=O)C3=O)CC1)[C@@H]1c2ccc(O)cc2CC[C@@H]1c1ccccc1. The van der Waals surface area contributed by atoms with Crippen molar-refractivity contribution in [3.63, 3.8) is 0 Å². The number of aryl methyl sites for hydroxylation is 1. The van der Waals surface area contributed by atoms with Crippen LogP contribution in [0.2, 0.25) is 0 Å². The minimum Gasteiger partial charge on any atom is -0.508 e. The molecule has 3 aliphatic heterocycles. The smallest absolute Gasteiger partial charge is 0.255 e. The number of nitrogens with zero attached hydrogens (tertiary/aromatic N) is 3. The van der Waals surface area contributed by atoms with Crippen molar-refractivity contribution in [2.75, 3.05) is 51.3 Å². The fraction of sp³-hybridized carbons (Fsp3) is 0.413. The summed E-state index contributed by atoms with van der Waals surface area (Å²) < 4.78 is 12.1. The fourth-order valence-electron chi connectivity index (χ4n) is 8.94. The van der Waals surface area contributed by atoms with Crippen molar-refractivity contribution < 1.29 is 29.0 Å². The number of amides is 3. The van der Waals surface area contributed by atoms with E-state index in [1.165, 1.54) is 16.7 Å². The molecule has 3 amide bonds. The zero-order valence-electron chi connectivity index (χ0n) is 32.7. The summed E-state index contributed by atoms with van der Waals surface area (Å²) in [6, 6.07) is 19.6. The molecule has 1 aliphatic carbocycles. The van der Waals surface area contributed by atoms with Crippen LogP contribution < -0.4 is 15.0 Å². The lowest BCUT2D eigenvalue weighted by Gasteiger charge is -2.37. The van der Waals surface area contributed by atoms with Crippen LogP contribution in [-0.2, 0) is 27.3 Å². The number of imide groups is 1. The van der Waals surface area contributed by atoms with E-state index < -0.39 is 11.9 Å². The minimum absolute atomic E-state index is 0.122. The molecule has 3 atom stereocenters. The van der Waals surface area contributed by atoms with Gasteiger partial charge in [-0.05, 0) is 117 Å². The maximum Gasteiger partial charge on any atom is 0.255 e. The number of anilines is 1. The average Bonchev–Trinajstić information content (AvgIpc) is 3.55. The van der Waals surface area contributed by atoms with Crippen LogP contribution in [0, 0.1) is 0 Å². The summed E-state index contributed by atoms with van der Waals surface area (Å²) in [4.78, 5) is 43.9. The number of hydrogen-bond donors (Lipinski definition) is 2. The maximum absolute atomic E-state index is 13.3. The topological polar surface area (TPSA) is 112 Å². The molecule has 294 valence electrons. The number of nitrogens with one attached hydrogen (secondary N) is 1. The van der Waals surface area contributed by atoms with Crippen molar-refractivity contribution in [1.82, 2.24) is 15.1 Å². The Morgan fingerprint density at radius 3 is 2.50 bits per heavy atom. The van der Waals surface area contributed by atoms with Crippen LogP contribution in [0.15, 0.2) is 96.8 Å². The molecular formula is C46H54N4O6. The highest BCUT2D eigenvalue weighted by atomic mass is 16.5. The largest absolute Gasteiger partial charge is 0.508 e. The van der Waals surface area contributed by atoms with Gasteiger partial charge >= 0.3 is 0 Å². The highest BCUT2D eigenvalue weighted by molar-refractivity contribution is 6.06. The molecule has 0 saturated carbocycles. The van der Waals surface area contributed by atoms with E-state index in [-0.39, 0.29) is 24.2 Å². The fourth-order valence-corrected chi connectivity index (χ4v) is 8.94. The Bertz CT molecular complexity index is 2000. The second kappa shape index (κ2) is 17.6. The third-order valence-electron chi connectivity index (χ3n) is 11.9. The van der Waals surface area contributed by atoms with Gasteiger partial charge in [0.1, 0.15) is 23.3 Å². The van der Waals surface area contributed by atoms with Crippen molar-refractivity contribution >= 4 is 23.4 Å². The number of allylic oxidation sites excluding steroid dienone is 4. The van der Waals surface area contributed by atoms with E-state index in [0.717, 1.165) is 87.4 Å². The Kier molecular flexibility index (Phi) is 12.2. The summed E-state index contributed by atoms with van der Waals surface area (Å²) in [6.45, 7) is 12.1. The van der Waals surface area contributed by atoms with Gasteiger partial charge in [-0.2, -0.15) is 0 Å². The van der Waals surface area contributed by atoms with Gasteiger partial charge in [0.25, 0.3) is 5.91 Å². The Balaban J connectivity index is 0.855. The molecule has 0 radical (unpaired) electrons. The van der Waals surface area contributed by atoms with Crippen LogP contribution in [0.3, 0.4) is 0 Å². The number of ether oxygens (including phenoxy) is 2. The van der Waals surface area contributed by atoms with E-state index in [1.807, 2.05) is 37.3 Å². The van der Waals surface area contributed by atoms with Crippen molar-refractivity contribution in [3.05, 3.63) is 125 Å². The number of unbranched alkanes of at least 4 members (excludes halogenated alkanes) is 2. The Hall–Kier alpha value is -5.35. The van der Waals surface area contributed by atoms with Gasteiger partial charge in [-0.25, -0.2) is 0 Å². The molecule has 56 heavy (non-hydrogen) atoms. The van der Waals surface area contributed by atoms with Gasteiger partial charge in [-0.3, -0.25) is 24.6 Å². The third kappa shape index (κ3) is 8.40. The van der Waals surface area contributed by atoms with Gasteiger partial charge in [-0.1, -0.05) is 49.1 Å². The molecule has 0 spiro atoms. The van der Waals surface area contributed by atoms with Crippen molar-refractivity contribution in [2.45, 2.75) is 76.3 Å². The first kappa shape index (κ1) is 38.9. The monoisotopic (exact) mass is 758 g/mol. The highest BCUT2D eigenvalue weighted by Gasteiger charge is 2.41. The lowest BCUT2D eigenvalue weighted by molar-refractivity contribution is -0.136. The number of hydrogen-bond acceptors (Lipinski definition) is 8. The standard InChI is InChI=1S/C46H54N4O6/c1-4-35(16-13-31(2)43-36(32-11-7-5-8-12-32)17-14-33-29-34(51)15-18-37(33)43)56-28-10-6-9-23-48-24-26-49(27-25-48)40-20-19-38-39(44(40)55-3)30-50(46(38)54)41-21-22-42(52)47-45(41)53/h4-5,7-8,11-13,15-16,18-20,29,36,41,43,51H,2,6,9-10,14,17,21-28,30H2,1,3H3,(H,47,52,53)/b16-13-,35-4+/t36-,41?,43+/m1/s1. The molecule has 10 heteroatoms. The molecule has 2 saturated heterocycles. The minimum atomic E-state index is -0.652. The van der Waals surface area contributed by atoms with Crippen molar-refractivity contribution in [3.8, 4) is 11.5 Å². The van der Waals surface area contributed by atoms with E-state index >= 15 is 0 Å². The molecule has 7 rings (SSSR count). The van der Waals surface area contributed by atoms with Crippen molar-refractivity contribution in [2.24, 2.45) is 0 Å². The van der Waals surface area contributed by atoms with Crippen LogP contribution in [0.25, 0.3) is 0 Å². The van der Waals surface area contributed by atoms with Crippen LogP contribution in [0.5, 0.6) is 11.5 Å². The number of carbonyl (C=O) groups excluding carboxylic acids is 3. The number of piperazine rings is 1. The van der Waals surface area contributed by atoms with Gasteiger partial charge in [0.05, 0.1) is 25.9 Å². The third-order valence-corrected chi connectivity index (χ3v) is 11.9. The highest BCUT2D eigenvalue weighted by Crippen LogP contribution is 2.47. The number of aromatic hydroxyl groups is 1. The Morgan fingerprint density at radius 1 is 0.946 bits per heavy atom. The predicted octanol–water partition coefficient (Wildman–Crippen LogP) is 7.00. The second-order valence-electron chi connectivity index (χ2n) is 15.3. The summed E-state index contributed by atoms with van der Waals surface area (Å²) >= 11 is 0. The summed E-state index contributed by atoms with van der Waals surface area (Å²) in [5, 5.41) is 12.5. The molecule has 3 heterocycles. The van der Waals surface area contributed by atoms with Gasteiger partial charge < -0.3 is 24.4 Å². The summed E-state index contributed by atoms with van der Waals surface area (Å²) in [7, 11) is 1.63. The van der Waals surface area contributed by atoms with Gasteiger partial charge in [0.15, 0.2) is 0 Å². The molecule has 3 aromatic rings. The quantitative estimate of drug-likeness (QED) is 0.0783. The number of fused-ring (bicyclic) bond motifs is 2. The predicted molar refractivity (Wildman–Crippen MR) is 218 cm³/mol. The van der Waals surface area contributed by atoms with Crippen LogP contribution >= 0.6 is 0 Å². The van der Waals surface area contributed by atoms with Gasteiger partial charge in [0, 0.05) is 49.6 Å². The molecule has 2 N–H and O–H groups in total. The van der Waals surface area contributed by atoms with Crippen LogP contribution in [0.4, 0.5) is 5.69 Å². The normalized spacial score (nSPS) is 21.6. The Labute approximate surface area is 330 Å². The molecule has 3 aromatic carbocycles. The summed E-state index contributed by atoms with van der Waals surface area (Å²) in [5.41, 5.74) is 7.12. The van der Waals surface area contributed by atoms with Crippen molar-refractivity contribution in [1.29, 1.82) is 0 Å². The number of methoxy groups -OCH3 is 1. The van der Waals surface area contributed by atoms with E-state index in [4.69, 9.17) is 9.47 Å². The lowest BCUT2D eigenvalue weighted by Crippen LogP contribution is -2.52. The van der Waals surface area contributed by atoms with E-state index in [1.54, 1.807) is 18.1 Å². The van der Waals surface area contributed by atoms with E-state index in [9.17, 15) is 19.5 Å². The van der Waals surface area contributed by atoms with E-state index in [0.29, 0.717) is 42.6 Å². The van der Waals surface area contributed by atoms with Crippen LogP contribution in [0.1, 0.15) is 89.9 Å². The van der Waals surface area contributed by atoms with E-state index in [2.05, 4.69) is 64.2 Å². The molecule has 1 unspecified atom stereocenters. The number of benzene rings is 3. The molecule has 4 aliphatic rings. The first-order valence-corrected chi connectivity index (χ1v) is 20.1. The Morgan fingerprint density at radius 2 is 1.75 bits per heavy atom. The zero-order chi connectivity index (χ0) is 39.2. The molecule has 10 nitrogen and oxygen atoms in total. The number of rotatable bonds is 14. The maximum atomic E-state index is 13.3. The van der Waals surface area contributed by atoms with Gasteiger partial charge in [-0.15, -0.1) is 0 Å².